The van der Waals surface area contributed by atoms with E-state index in [0.29, 0.717) is 19.6 Å². The number of anilines is 1. The van der Waals surface area contributed by atoms with Gasteiger partial charge in [-0.05, 0) is 67.6 Å². The first kappa shape index (κ1) is 25.8. The van der Waals surface area contributed by atoms with Crippen LogP contribution in [0, 0.1) is 0 Å². The van der Waals surface area contributed by atoms with E-state index in [-0.39, 0.29) is 11.8 Å². The van der Waals surface area contributed by atoms with Crippen molar-refractivity contribution in [3.05, 3.63) is 84.2 Å². The molecule has 1 aromatic heterocycles. The smallest absolute Gasteiger partial charge is 0.227 e. The highest BCUT2D eigenvalue weighted by atomic mass is 16.5. The normalized spacial score (nSPS) is 15.4. The Morgan fingerprint density at radius 1 is 0.921 bits per heavy atom. The summed E-state index contributed by atoms with van der Waals surface area (Å²) in [6.07, 6.45) is 5.80. The summed E-state index contributed by atoms with van der Waals surface area (Å²) in [4.78, 5) is 20.0. The molecule has 2 heterocycles. The van der Waals surface area contributed by atoms with Crippen LogP contribution < -0.4 is 14.4 Å². The SMILES string of the molecule is CCCCc1ccc(N2CC(c3nc4ccccc4n3CCCCOc3ccccc3OC)CC2=O)cc1. The van der Waals surface area contributed by atoms with Gasteiger partial charge in [-0.2, -0.15) is 0 Å². The van der Waals surface area contributed by atoms with Crippen LogP contribution in [0.5, 0.6) is 11.5 Å². The van der Waals surface area contributed by atoms with E-state index in [4.69, 9.17) is 14.5 Å². The highest BCUT2D eigenvalue weighted by Crippen LogP contribution is 2.34. The first-order valence-electron chi connectivity index (χ1n) is 13.8. The zero-order valence-electron chi connectivity index (χ0n) is 22.4. The first-order valence-corrected chi connectivity index (χ1v) is 13.8. The quantitative estimate of drug-likeness (QED) is 0.197. The average Bonchev–Trinajstić information content (AvgIpc) is 3.52. The maximum atomic E-state index is 13.1. The summed E-state index contributed by atoms with van der Waals surface area (Å²) >= 11 is 0. The van der Waals surface area contributed by atoms with Gasteiger partial charge < -0.3 is 18.9 Å². The van der Waals surface area contributed by atoms with Crippen molar-refractivity contribution in [3.8, 4) is 11.5 Å². The number of para-hydroxylation sites is 4. The van der Waals surface area contributed by atoms with E-state index in [1.54, 1.807) is 7.11 Å². The van der Waals surface area contributed by atoms with Crippen LogP contribution in [-0.4, -0.2) is 35.7 Å². The van der Waals surface area contributed by atoms with Crippen LogP contribution in [0.15, 0.2) is 72.8 Å². The second kappa shape index (κ2) is 12.2. The van der Waals surface area contributed by atoms with E-state index in [0.717, 1.165) is 59.9 Å². The third kappa shape index (κ3) is 5.69. The van der Waals surface area contributed by atoms with Gasteiger partial charge in [0.25, 0.3) is 0 Å². The van der Waals surface area contributed by atoms with Gasteiger partial charge >= 0.3 is 0 Å². The standard InChI is InChI=1S/C32H37N3O3/c1-3-4-11-24-16-18-26(19-17-24)35-23-25(22-31(35)36)32-33-27-12-5-6-13-28(27)34(32)20-9-10-21-38-30-15-8-7-14-29(30)37-2/h5-8,12-19,25H,3-4,9-11,20-23H2,1-2H3. The molecule has 0 N–H and O–H groups in total. The van der Waals surface area contributed by atoms with E-state index in [9.17, 15) is 4.79 Å². The molecule has 4 aromatic rings. The number of amides is 1. The molecule has 1 amide bonds. The third-order valence-corrected chi connectivity index (χ3v) is 7.34. The Morgan fingerprint density at radius 3 is 2.47 bits per heavy atom. The molecule has 0 saturated carbocycles. The molecule has 6 nitrogen and oxygen atoms in total. The van der Waals surface area contributed by atoms with Gasteiger partial charge in [0, 0.05) is 31.1 Å². The zero-order valence-corrected chi connectivity index (χ0v) is 22.4. The summed E-state index contributed by atoms with van der Waals surface area (Å²) in [5.74, 6) is 2.76. The van der Waals surface area contributed by atoms with Crippen molar-refractivity contribution in [2.24, 2.45) is 0 Å². The number of fused-ring (bicyclic) bond motifs is 1. The van der Waals surface area contributed by atoms with Crippen LogP contribution in [0.2, 0.25) is 0 Å². The molecule has 198 valence electrons. The van der Waals surface area contributed by atoms with Crippen molar-refractivity contribution in [2.45, 2.75) is 57.9 Å². The fraction of sp³-hybridized carbons (Fsp3) is 0.375. The Balaban J connectivity index is 1.26. The Kier molecular flexibility index (Phi) is 8.27. The maximum absolute atomic E-state index is 13.1. The van der Waals surface area contributed by atoms with Crippen molar-refractivity contribution < 1.29 is 14.3 Å². The molecule has 1 saturated heterocycles. The van der Waals surface area contributed by atoms with Crippen LogP contribution >= 0.6 is 0 Å². The van der Waals surface area contributed by atoms with Crippen LogP contribution in [0.3, 0.4) is 0 Å². The number of ether oxygens (including phenoxy) is 2. The zero-order chi connectivity index (χ0) is 26.3. The lowest BCUT2D eigenvalue weighted by Gasteiger charge is -2.18. The molecule has 0 aliphatic carbocycles. The molecule has 1 aliphatic heterocycles. The predicted molar refractivity (Wildman–Crippen MR) is 152 cm³/mol. The van der Waals surface area contributed by atoms with E-state index >= 15 is 0 Å². The summed E-state index contributed by atoms with van der Waals surface area (Å²) in [6, 6.07) is 24.5. The van der Waals surface area contributed by atoms with Gasteiger partial charge in [-0.15, -0.1) is 0 Å². The van der Waals surface area contributed by atoms with Crippen LogP contribution in [-0.2, 0) is 17.8 Å². The minimum absolute atomic E-state index is 0.0690. The summed E-state index contributed by atoms with van der Waals surface area (Å²) in [7, 11) is 1.66. The van der Waals surface area contributed by atoms with Gasteiger partial charge in [0.05, 0.1) is 24.8 Å². The Morgan fingerprint density at radius 2 is 1.68 bits per heavy atom. The van der Waals surface area contributed by atoms with Gasteiger partial charge in [-0.25, -0.2) is 4.98 Å². The number of hydrogen-bond acceptors (Lipinski definition) is 4. The summed E-state index contributed by atoms with van der Waals surface area (Å²) in [5.41, 5.74) is 4.42. The minimum atomic E-state index is 0.0690. The molecule has 1 atom stereocenters. The Bertz CT molecular complexity index is 1360. The number of aromatic nitrogens is 2. The summed E-state index contributed by atoms with van der Waals surface area (Å²) in [5, 5.41) is 0. The molecule has 38 heavy (non-hydrogen) atoms. The van der Waals surface area contributed by atoms with Crippen molar-refractivity contribution >= 4 is 22.6 Å². The van der Waals surface area contributed by atoms with Crippen molar-refractivity contribution in [2.75, 3.05) is 25.2 Å². The second-order valence-electron chi connectivity index (χ2n) is 9.99. The van der Waals surface area contributed by atoms with E-state index < -0.39 is 0 Å². The number of imidazole rings is 1. The minimum Gasteiger partial charge on any atom is -0.493 e. The van der Waals surface area contributed by atoms with Gasteiger partial charge in [0.1, 0.15) is 5.82 Å². The van der Waals surface area contributed by atoms with Gasteiger partial charge in [-0.1, -0.05) is 49.7 Å². The number of methoxy groups -OCH3 is 1. The lowest BCUT2D eigenvalue weighted by atomic mass is 10.1. The lowest BCUT2D eigenvalue weighted by Crippen LogP contribution is -2.24. The van der Waals surface area contributed by atoms with E-state index in [2.05, 4.69) is 54.0 Å². The number of aryl methyl sites for hydroxylation is 2. The number of nitrogens with zero attached hydrogens (tertiary/aromatic N) is 3. The monoisotopic (exact) mass is 511 g/mol. The topological polar surface area (TPSA) is 56.6 Å². The number of hydrogen-bond donors (Lipinski definition) is 0. The highest BCUT2D eigenvalue weighted by molar-refractivity contribution is 5.96. The van der Waals surface area contributed by atoms with Crippen molar-refractivity contribution in [1.82, 2.24) is 9.55 Å². The molecule has 1 aliphatic rings. The molecule has 1 unspecified atom stereocenters. The molecule has 0 spiro atoms. The summed E-state index contributed by atoms with van der Waals surface area (Å²) in [6.45, 7) is 4.32. The fourth-order valence-electron chi connectivity index (χ4n) is 5.29. The van der Waals surface area contributed by atoms with E-state index in [1.807, 2.05) is 35.2 Å². The highest BCUT2D eigenvalue weighted by Gasteiger charge is 2.34. The molecule has 5 rings (SSSR count). The van der Waals surface area contributed by atoms with Crippen LogP contribution in [0.4, 0.5) is 5.69 Å². The Labute approximate surface area is 225 Å². The van der Waals surface area contributed by atoms with Gasteiger partial charge in [0.15, 0.2) is 11.5 Å². The molecule has 3 aromatic carbocycles. The number of benzene rings is 3. The fourth-order valence-corrected chi connectivity index (χ4v) is 5.29. The molecule has 6 heteroatoms. The average molecular weight is 512 g/mol. The second-order valence-corrected chi connectivity index (χ2v) is 9.99. The lowest BCUT2D eigenvalue weighted by molar-refractivity contribution is -0.117. The maximum Gasteiger partial charge on any atom is 0.227 e. The third-order valence-electron chi connectivity index (χ3n) is 7.34. The first-order chi connectivity index (χ1) is 18.7. The van der Waals surface area contributed by atoms with Gasteiger partial charge in [-0.3, -0.25) is 4.79 Å². The molecule has 0 bridgehead atoms. The van der Waals surface area contributed by atoms with Crippen LogP contribution in [0.25, 0.3) is 11.0 Å². The Hall–Kier alpha value is -3.80. The van der Waals surface area contributed by atoms with Crippen molar-refractivity contribution in [1.29, 1.82) is 0 Å². The molecule has 0 radical (unpaired) electrons. The largest absolute Gasteiger partial charge is 0.493 e. The summed E-state index contributed by atoms with van der Waals surface area (Å²) < 4.78 is 13.7. The van der Waals surface area contributed by atoms with Crippen LogP contribution in [0.1, 0.15) is 56.3 Å². The molecular weight excluding hydrogens is 474 g/mol. The van der Waals surface area contributed by atoms with E-state index in [1.165, 1.54) is 18.4 Å². The number of unbranched alkanes of at least 4 members (excludes halogenated alkanes) is 2. The predicted octanol–water partition coefficient (Wildman–Crippen LogP) is 6.77. The van der Waals surface area contributed by atoms with Crippen molar-refractivity contribution in [3.63, 3.8) is 0 Å². The molecular formula is C32H37N3O3. The number of carbonyl (C=O) groups excluding carboxylic acids is 1. The van der Waals surface area contributed by atoms with Gasteiger partial charge in [0.2, 0.25) is 5.91 Å². The number of carbonyl (C=O) groups is 1. The molecule has 1 fully saturated rings. The number of rotatable bonds is 12.